The second-order valence-corrected chi connectivity index (χ2v) is 7.71. The molecule has 0 atom stereocenters. The summed E-state index contributed by atoms with van der Waals surface area (Å²) in [4.78, 5) is 28.0. The van der Waals surface area contributed by atoms with E-state index in [0.29, 0.717) is 62.8 Å². The lowest BCUT2D eigenvalue weighted by Gasteiger charge is -2.35. The fourth-order valence-corrected chi connectivity index (χ4v) is 3.58. The minimum atomic E-state index is 0.121. The van der Waals surface area contributed by atoms with Crippen molar-refractivity contribution in [2.75, 3.05) is 32.8 Å². The molecule has 1 aliphatic rings. The van der Waals surface area contributed by atoms with Crippen LogP contribution in [0.15, 0.2) is 22.7 Å². The molecule has 1 aromatic carbocycles. The highest BCUT2D eigenvalue weighted by atomic mass is 79.9. The Bertz CT molecular complexity index is 619. The second kappa shape index (κ2) is 10.8. The van der Waals surface area contributed by atoms with Crippen molar-refractivity contribution in [1.82, 2.24) is 9.80 Å². The molecule has 1 aromatic rings. The van der Waals surface area contributed by atoms with Crippen LogP contribution in [0.25, 0.3) is 0 Å². The van der Waals surface area contributed by atoms with Crippen LogP contribution in [0.3, 0.4) is 0 Å². The third kappa shape index (κ3) is 6.47. The zero-order chi connectivity index (χ0) is 18.9. The van der Waals surface area contributed by atoms with Crippen LogP contribution in [-0.4, -0.2) is 54.4 Å². The van der Waals surface area contributed by atoms with Gasteiger partial charge in [-0.15, -0.1) is 0 Å². The molecule has 7 heteroatoms. The number of nitrogens with zero attached hydrogens (tertiary/aromatic N) is 2. The first-order valence-corrected chi connectivity index (χ1v) is 10.3. The molecule has 5 nitrogen and oxygen atoms in total. The Labute approximate surface area is 168 Å². The second-order valence-electron chi connectivity index (χ2n) is 6.39. The summed E-state index contributed by atoms with van der Waals surface area (Å²) in [6.07, 6.45) is 3.65. The first kappa shape index (κ1) is 21.0. The number of halogens is 2. The molecule has 0 unspecified atom stereocenters. The number of piperazine rings is 1. The molecule has 1 aliphatic heterocycles. The van der Waals surface area contributed by atoms with Crippen LogP contribution in [0.2, 0.25) is 5.02 Å². The van der Waals surface area contributed by atoms with Crippen LogP contribution in [0, 0.1) is 0 Å². The molecule has 0 radical (unpaired) electrons. The van der Waals surface area contributed by atoms with Crippen molar-refractivity contribution in [2.24, 2.45) is 0 Å². The van der Waals surface area contributed by atoms with E-state index in [0.717, 1.165) is 17.3 Å². The quantitative estimate of drug-likeness (QED) is 0.566. The summed E-state index contributed by atoms with van der Waals surface area (Å²) >= 11 is 9.45. The van der Waals surface area contributed by atoms with Gasteiger partial charge in [0.25, 0.3) is 0 Å². The summed E-state index contributed by atoms with van der Waals surface area (Å²) in [6.45, 7) is 5.05. The van der Waals surface area contributed by atoms with Gasteiger partial charge in [0, 0.05) is 43.5 Å². The van der Waals surface area contributed by atoms with Crippen LogP contribution in [0.4, 0.5) is 0 Å². The smallest absolute Gasteiger partial charge is 0.222 e. The molecule has 0 N–H and O–H groups in total. The minimum Gasteiger partial charge on any atom is -0.492 e. The van der Waals surface area contributed by atoms with Crippen LogP contribution < -0.4 is 4.74 Å². The zero-order valence-electron chi connectivity index (χ0n) is 15.2. The van der Waals surface area contributed by atoms with Gasteiger partial charge in [-0.3, -0.25) is 9.59 Å². The molecule has 0 spiro atoms. The lowest BCUT2D eigenvalue weighted by Crippen LogP contribution is -2.50. The molecular formula is C19H26BrClN2O3. The van der Waals surface area contributed by atoms with E-state index < -0.39 is 0 Å². The summed E-state index contributed by atoms with van der Waals surface area (Å²) in [5.74, 6) is 0.955. The van der Waals surface area contributed by atoms with E-state index in [-0.39, 0.29) is 11.8 Å². The third-order valence-electron chi connectivity index (χ3n) is 4.42. The number of hydrogen-bond donors (Lipinski definition) is 0. The number of carbonyl (C=O) groups is 2. The predicted octanol–water partition coefficient (Wildman–Crippen LogP) is 4.12. The molecule has 0 aromatic heterocycles. The van der Waals surface area contributed by atoms with Crippen LogP contribution >= 0.6 is 27.5 Å². The number of amides is 2. The van der Waals surface area contributed by atoms with E-state index in [4.69, 9.17) is 16.3 Å². The standard InChI is InChI=1S/C19H26BrClN2O3/c1-2-3-5-18(24)22-9-11-23(12-10-22)19(25)6-4-13-26-17-8-7-15(20)14-16(17)21/h7-8,14H,2-6,9-13H2,1H3. The molecular weight excluding hydrogens is 420 g/mol. The fraction of sp³-hybridized carbons (Fsp3) is 0.579. The van der Waals surface area contributed by atoms with E-state index in [9.17, 15) is 9.59 Å². The van der Waals surface area contributed by atoms with Crippen molar-refractivity contribution in [3.05, 3.63) is 27.7 Å². The van der Waals surface area contributed by atoms with Gasteiger partial charge < -0.3 is 14.5 Å². The van der Waals surface area contributed by atoms with E-state index in [2.05, 4.69) is 22.9 Å². The number of benzene rings is 1. The summed E-state index contributed by atoms with van der Waals surface area (Å²) in [5.41, 5.74) is 0. The first-order chi connectivity index (χ1) is 12.5. The Kier molecular flexibility index (Phi) is 8.72. The molecule has 26 heavy (non-hydrogen) atoms. The van der Waals surface area contributed by atoms with Gasteiger partial charge >= 0.3 is 0 Å². The zero-order valence-corrected chi connectivity index (χ0v) is 17.5. The number of unbranched alkanes of at least 4 members (excludes halogenated alkanes) is 1. The molecule has 0 aliphatic carbocycles. The Morgan fingerprint density at radius 2 is 1.65 bits per heavy atom. The number of rotatable bonds is 8. The number of ether oxygens (including phenoxy) is 1. The van der Waals surface area contributed by atoms with E-state index in [1.54, 1.807) is 6.07 Å². The highest BCUT2D eigenvalue weighted by Crippen LogP contribution is 2.27. The van der Waals surface area contributed by atoms with Gasteiger partial charge in [0.2, 0.25) is 11.8 Å². The Morgan fingerprint density at radius 3 is 2.19 bits per heavy atom. The Morgan fingerprint density at radius 1 is 1.08 bits per heavy atom. The third-order valence-corrected chi connectivity index (χ3v) is 5.20. The van der Waals surface area contributed by atoms with Gasteiger partial charge in [-0.1, -0.05) is 40.9 Å². The van der Waals surface area contributed by atoms with Crippen molar-refractivity contribution in [2.45, 2.75) is 39.0 Å². The van der Waals surface area contributed by atoms with E-state index in [1.807, 2.05) is 21.9 Å². The van der Waals surface area contributed by atoms with E-state index >= 15 is 0 Å². The first-order valence-electron chi connectivity index (χ1n) is 9.14. The molecule has 1 saturated heterocycles. The minimum absolute atomic E-state index is 0.121. The van der Waals surface area contributed by atoms with Crippen molar-refractivity contribution in [3.8, 4) is 5.75 Å². The lowest BCUT2D eigenvalue weighted by atomic mass is 10.2. The van der Waals surface area contributed by atoms with Gasteiger partial charge in [0.1, 0.15) is 5.75 Å². The van der Waals surface area contributed by atoms with Gasteiger partial charge in [-0.05, 0) is 31.0 Å². The van der Waals surface area contributed by atoms with E-state index in [1.165, 1.54) is 0 Å². The van der Waals surface area contributed by atoms with Gasteiger partial charge in [0.15, 0.2) is 0 Å². The molecule has 0 bridgehead atoms. The normalized spacial score (nSPS) is 14.4. The number of hydrogen-bond acceptors (Lipinski definition) is 3. The Balaban J connectivity index is 1.65. The fourth-order valence-electron chi connectivity index (χ4n) is 2.85. The maximum absolute atomic E-state index is 12.3. The monoisotopic (exact) mass is 444 g/mol. The molecule has 1 fully saturated rings. The summed E-state index contributed by atoms with van der Waals surface area (Å²) in [7, 11) is 0. The molecule has 1 heterocycles. The molecule has 2 amide bonds. The molecule has 144 valence electrons. The predicted molar refractivity (Wildman–Crippen MR) is 107 cm³/mol. The maximum Gasteiger partial charge on any atom is 0.222 e. The van der Waals surface area contributed by atoms with Crippen LogP contribution in [0.5, 0.6) is 5.75 Å². The number of carbonyl (C=O) groups excluding carboxylic acids is 2. The Hall–Kier alpha value is -1.27. The van der Waals surface area contributed by atoms with Gasteiger partial charge in [-0.25, -0.2) is 0 Å². The van der Waals surface area contributed by atoms with Gasteiger partial charge in [0.05, 0.1) is 11.6 Å². The highest BCUT2D eigenvalue weighted by Gasteiger charge is 2.23. The summed E-state index contributed by atoms with van der Waals surface area (Å²) in [6, 6.07) is 5.46. The average Bonchev–Trinajstić information content (AvgIpc) is 2.64. The van der Waals surface area contributed by atoms with Crippen molar-refractivity contribution in [1.29, 1.82) is 0 Å². The van der Waals surface area contributed by atoms with Crippen molar-refractivity contribution in [3.63, 3.8) is 0 Å². The molecule has 0 saturated carbocycles. The topological polar surface area (TPSA) is 49.9 Å². The SMILES string of the molecule is CCCCC(=O)N1CCN(C(=O)CCCOc2ccc(Br)cc2Cl)CC1. The molecule has 2 rings (SSSR count). The highest BCUT2D eigenvalue weighted by molar-refractivity contribution is 9.10. The van der Waals surface area contributed by atoms with Gasteiger partial charge in [-0.2, -0.15) is 0 Å². The van der Waals surface area contributed by atoms with Crippen LogP contribution in [-0.2, 0) is 9.59 Å². The maximum atomic E-state index is 12.3. The van der Waals surface area contributed by atoms with Crippen LogP contribution in [0.1, 0.15) is 39.0 Å². The summed E-state index contributed by atoms with van der Waals surface area (Å²) < 4.78 is 6.54. The van der Waals surface area contributed by atoms with Crippen molar-refractivity contribution < 1.29 is 14.3 Å². The largest absolute Gasteiger partial charge is 0.492 e. The lowest BCUT2D eigenvalue weighted by molar-refractivity contribution is -0.139. The summed E-state index contributed by atoms with van der Waals surface area (Å²) in [5, 5.41) is 0.551. The average molecular weight is 446 g/mol. The van der Waals surface area contributed by atoms with Crippen molar-refractivity contribution >= 4 is 39.3 Å².